The van der Waals surface area contributed by atoms with Crippen LogP contribution in [0.25, 0.3) is 11.6 Å². The molecule has 2 aliphatic rings. The van der Waals surface area contributed by atoms with Crippen LogP contribution in [0.5, 0.6) is 0 Å². The third kappa shape index (κ3) is 5.03. The van der Waals surface area contributed by atoms with Crippen molar-refractivity contribution in [2.45, 2.75) is 26.3 Å². The molecule has 0 saturated heterocycles. The van der Waals surface area contributed by atoms with E-state index >= 15 is 0 Å². The summed E-state index contributed by atoms with van der Waals surface area (Å²) >= 11 is 8.26. The number of carbonyl (C=O) groups excluding carboxylic acids is 3. The predicted octanol–water partition coefficient (Wildman–Crippen LogP) is 5.91. The SMILES string of the molecule is COC(=O)C1=C(C(=O)OC)SC(=C2C(=S)C(C)(C)N(C(=O)C=Cc3ccccc3)c3cc(C)ccc32)S1. The van der Waals surface area contributed by atoms with Crippen LogP contribution < -0.4 is 4.90 Å². The number of thiocarbonyl (C=S) groups is 1. The summed E-state index contributed by atoms with van der Waals surface area (Å²) in [7, 11) is 2.53. The van der Waals surface area contributed by atoms with Gasteiger partial charge in [-0.05, 0) is 44.0 Å². The Morgan fingerprint density at radius 2 is 1.54 bits per heavy atom. The number of nitrogens with zero attached hydrogens (tertiary/aromatic N) is 1. The fourth-order valence-electron chi connectivity index (χ4n) is 4.13. The van der Waals surface area contributed by atoms with Crippen LogP contribution in [0.4, 0.5) is 5.69 Å². The molecule has 1 amide bonds. The first-order valence-electron chi connectivity index (χ1n) is 11.3. The van der Waals surface area contributed by atoms with E-state index in [9.17, 15) is 14.4 Å². The van der Waals surface area contributed by atoms with Gasteiger partial charge in [0.25, 0.3) is 5.91 Å². The summed E-state index contributed by atoms with van der Waals surface area (Å²) in [6, 6.07) is 15.4. The Morgan fingerprint density at radius 3 is 2.11 bits per heavy atom. The number of carbonyl (C=O) groups is 3. The van der Waals surface area contributed by atoms with Gasteiger partial charge >= 0.3 is 11.9 Å². The molecule has 4 rings (SSSR count). The highest BCUT2D eigenvalue weighted by Gasteiger charge is 2.45. The lowest BCUT2D eigenvalue weighted by molar-refractivity contribution is -0.138. The van der Waals surface area contributed by atoms with Crippen molar-refractivity contribution in [3.63, 3.8) is 0 Å². The minimum absolute atomic E-state index is 0.153. The van der Waals surface area contributed by atoms with Crippen molar-refractivity contribution in [3.05, 3.63) is 85.3 Å². The lowest BCUT2D eigenvalue weighted by Gasteiger charge is -2.45. The van der Waals surface area contributed by atoms with Gasteiger partial charge in [0.05, 0.1) is 34.5 Å². The molecular weight excluding hydrogens is 527 g/mol. The first-order valence-corrected chi connectivity index (χ1v) is 13.4. The van der Waals surface area contributed by atoms with Crippen LogP contribution in [0.1, 0.15) is 30.5 Å². The summed E-state index contributed by atoms with van der Waals surface area (Å²) in [5.41, 5.74) is 3.18. The average Bonchev–Trinajstić information content (AvgIpc) is 3.33. The highest BCUT2D eigenvalue weighted by atomic mass is 32.2. The Hall–Kier alpha value is -3.14. The molecule has 37 heavy (non-hydrogen) atoms. The number of methoxy groups -OCH3 is 2. The molecule has 0 aliphatic carbocycles. The molecule has 9 heteroatoms. The van der Waals surface area contributed by atoms with Crippen molar-refractivity contribution in [3.8, 4) is 0 Å². The summed E-state index contributed by atoms with van der Waals surface area (Å²) in [6.07, 6.45) is 3.33. The quantitative estimate of drug-likeness (QED) is 0.264. The number of benzene rings is 2. The van der Waals surface area contributed by atoms with Crippen molar-refractivity contribution >= 4 is 75.8 Å². The molecule has 0 unspecified atom stereocenters. The standard InChI is InChI=1S/C28H25NO5S3/c1-16-11-13-18-19(15-16)29(20(30)14-12-17-9-7-6-8-10-17)28(2,3)24(35)21(18)27-36-22(25(31)33-4)23(37-27)26(32)34-5/h6-15H,1-5H3. The zero-order chi connectivity index (χ0) is 26.9. The van der Waals surface area contributed by atoms with E-state index < -0.39 is 17.5 Å². The number of esters is 2. The van der Waals surface area contributed by atoms with Gasteiger partial charge in [0.1, 0.15) is 9.81 Å². The zero-order valence-corrected chi connectivity index (χ0v) is 23.4. The maximum absolute atomic E-state index is 13.6. The monoisotopic (exact) mass is 551 g/mol. The number of hydrogen-bond donors (Lipinski definition) is 0. The molecule has 0 fully saturated rings. The average molecular weight is 552 g/mol. The van der Waals surface area contributed by atoms with E-state index in [0.29, 0.717) is 20.4 Å². The summed E-state index contributed by atoms with van der Waals surface area (Å²) < 4.78 is 10.5. The summed E-state index contributed by atoms with van der Waals surface area (Å²) in [4.78, 5) is 41.1. The fourth-order valence-corrected chi connectivity index (χ4v) is 7.16. The topological polar surface area (TPSA) is 72.9 Å². The molecule has 0 atom stereocenters. The van der Waals surface area contributed by atoms with Gasteiger partial charge < -0.3 is 9.47 Å². The van der Waals surface area contributed by atoms with Crippen molar-refractivity contribution in [2.75, 3.05) is 19.1 Å². The summed E-state index contributed by atoms with van der Waals surface area (Å²) in [6.45, 7) is 5.76. The van der Waals surface area contributed by atoms with Gasteiger partial charge in [-0.1, -0.05) is 78.2 Å². The Bertz CT molecular complexity index is 1380. The van der Waals surface area contributed by atoms with Gasteiger partial charge in [-0.15, -0.1) is 0 Å². The normalized spacial score (nSPS) is 16.8. The van der Waals surface area contributed by atoms with Gasteiger partial charge in [0, 0.05) is 17.2 Å². The lowest BCUT2D eigenvalue weighted by atomic mass is 9.83. The molecule has 0 N–H and O–H groups in total. The molecular formula is C28H25NO5S3. The first kappa shape index (κ1) is 26.9. The number of rotatable bonds is 4. The number of fused-ring (bicyclic) bond motifs is 1. The van der Waals surface area contributed by atoms with E-state index in [1.54, 1.807) is 17.1 Å². The summed E-state index contributed by atoms with van der Waals surface area (Å²) in [5.74, 6) is -1.45. The van der Waals surface area contributed by atoms with Crippen LogP contribution in [-0.4, -0.2) is 42.5 Å². The van der Waals surface area contributed by atoms with E-state index in [0.717, 1.165) is 40.2 Å². The third-order valence-electron chi connectivity index (χ3n) is 5.98. The Kier molecular flexibility index (Phi) is 7.77. The second-order valence-electron chi connectivity index (χ2n) is 8.83. The van der Waals surface area contributed by atoms with Gasteiger partial charge in [-0.25, -0.2) is 9.59 Å². The van der Waals surface area contributed by atoms with Crippen LogP contribution in [-0.2, 0) is 23.9 Å². The Morgan fingerprint density at radius 1 is 0.946 bits per heavy atom. The molecule has 0 aromatic heterocycles. The maximum Gasteiger partial charge on any atom is 0.346 e. The molecule has 0 radical (unpaired) electrons. The maximum atomic E-state index is 13.6. The smallest absolute Gasteiger partial charge is 0.346 e. The third-order valence-corrected chi connectivity index (χ3v) is 9.25. The number of thioether (sulfide) groups is 2. The second kappa shape index (κ2) is 10.7. The Balaban J connectivity index is 1.84. The number of hydrogen-bond acceptors (Lipinski definition) is 8. The van der Waals surface area contributed by atoms with Crippen LogP contribution in [0.2, 0.25) is 0 Å². The zero-order valence-electron chi connectivity index (χ0n) is 21.0. The lowest BCUT2D eigenvalue weighted by Crippen LogP contribution is -2.55. The number of aryl methyl sites for hydroxylation is 1. The van der Waals surface area contributed by atoms with Crippen LogP contribution in [0.15, 0.2) is 68.7 Å². The molecule has 0 saturated carbocycles. The Labute approximate surface area is 229 Å². The fraction of sp³-hybridized carbons (Fsp3) is 0.214. The van der Waals surface area contributed by atoms with E-state index in [4.69, 9.17) is 21.7 Å². The molecule has 2 heterocycles. The molecule has 0 spiro atoms. The molecule has 2 aromatic carbocycles. The number of ether oxygens (including phenoxy) is 2. The minimum atomic E-state index is -0.878. The van der Waals surface area contributed by atoms with Crippen LogP contribution >= 0.6 is 35.7 Å². The molecule has 190 valence electrons. The van der Waals surface area contributed by atoms with Crippen LogP contribution in [0, 0.1) is 6.92 Å². The summed E-state index contributed by atoms with van der Waals surface area (Å²) in [5, 5.41) is 0. The van der Waals surface area contributed by atoms with E-state index in [-0.39, 0.29) is 15.7 Å². The number of amides is 1. The molecule has 0 bridgehead atoms. The van der Waals surface area contributed by atoms with E-state index in [1.165, 1.54) is 14.2 Å². The van der Waals surface area contributed by atoms with Gasteiger partial charge in [0.2, 0.25) is 0 Å². The van der Waals surface area contributed by atoms with Crippen molar-refractivity contribution in [2.24, 2.45) is 0 Å². The second-order valence-corrected chi connectivity index (χ2v) is 11.5. The number of anilines is 1. The van der Waals surface area contributed by atoms with Gasteiger partial charge in [-0.2, -0.15) is 0 Å². The van der Waals surface area contributed by atoms with Crippen molar-refractivity contribution in [1.82, 2.24) is 0 Å². The highest BCUT2D eigenvalue weighted by Crippen LogP contribution is 2.56. The predicted molar refractivity (Wildman–Crippen MR) is 154 cm³/mol. The van der Waals surface area contributed by atoms with Crippen molar-refractivity contribution < 1.29 is 23.9 Å². The largest absolute Gasteiger partial charge is 0.465 e. The van der Waals surface area contributed by atoms with Gasteiger partial charge in [-0.3, -0.25) is 9.69 Å². The molecule has 2 aromatic rings. The van der Waals surface area contributed by atoms with Crippen molar-refractivity contribution in [1.29, 1.82) is 0 Å². The van der Waals surface area contributed by atoms with E-state index in [2.05, 4.69) is 0 Å². The van der Waals surface area contributed by atoms with Crippen LogP contribution in [0.3, 0.4) is 0 Å². The highest BCUT2D eigenvalue weighted by molar-refractivity contribution is 8.29. The molecule has 6 nitrogen and oxygen atoms in total. The minimum Gasteiger partial charge on any atom is -0.465 e. The van der Waals surface area contributed by atoms with Gasteiger partial charge in [0.15, 0.2) is 0 Å². The first-order chi connectivity index (χ1) is 17.6. The van der Waals surface area contributed by atoms with E-state index in [1.807, 2.05) is 69.3 Å². The molecule has 2 aliphatic heterocycles.